The predicted molar refractivity (Wildman–Crippen MR) is 107 cm³/mol. The first-order chi connectivity index (χ1) is 13.9. The Kier molecular flexibility index (Phi) is 11.0. The van der Waals surface area contributed by atoms with Crippen LogP contribution in [-0.4, -0.2) is 60.5 Å². The van der Waals surface area contributed by atoms with Gasteiger partial charge in [0.2, 0.25) is 17.7 Å². The zero-order chi connectivity index (χ0) is 21.6. The molecular weight excluding hydrogens is 378 g/mol. The lowest BCUT2D eigenvalue weighted by Crippen LogP contribution is -2.51. The lowest BCUT2D eigenvalue weighted by atomic mass is 10.1. The summed E-state index contributed by atoms with van der Waals surface area (Å²) in [7, 11) is 0. The molecule has 0 heterocycles. The number of amides is 3. The van der Waals surface area contributed by atoms with Crippen LogP contribution in [-0.2, 0) is 25.6 Å². The van der Waals surface area contributed by atoms with Gasteiger partial charge in [-0.3, -0.25) is 14.4 Å². The molecule has 0 spiro atoms. The zero-order valence-electron chi connectivity index (χ0n) is 16.2. The summed E-state index contributed by atoms with van der Waals surface area (Å²) < 4.78 is 0. The molecule has 0 aliphatic rings. The lowest BCUT2D eigenvalue weighted by molar-refractivity contribution is -0.141. The number of carbonyl (C=O) groups is 4. The third-order valence-corrected chi connectivity index (χ3v) is 4.12. The van der Waals surface area contributed by atoms with Crippen LogP contribution in [0.3, 0.4) is 0 Å². The Labute approximate surface area is 169 Å². The third kappa shape index (κ3) is 9.67. The van der Waals surface area contributed by atoms with Crippen molar-refractivity contribution < 1.29 is 24.3 Å². The molecule has 1 rings (SSSR count). The number of carboxylic acid groups (broad SMARTS) is 1. The number of rotatable bonds is 13. The van der Waals surface area contributed by atoms with E-state index in [2.05, 4.69) is 16.0 Å². The van der Waals surface area contributed by atoms with Crippen molar-refractivity contribution in [2.75, 3.05) is 19.6 Å². The quantitative estimate of drug-likeness (QED) is 0.215. The number of unbranched alkanes of at least 4 members (excludes halogenated alkanes) is 1. The fourth-order valence-corrected chi connectivity index (χ4v) is 2.60. The van der Waals surface area contributed by atoms with Gasteiger partial charge in [-0.15, -0.1) is 0 Å². The Morgan fingerprint density at radius 2 is 1.59 bits per heavy atom. The molecule has 3 amide bonds. The van der Waals surface area contributed by atoms with Gasteiger partial charge in [-0.1, -0.05) is 30.3 Å². The highest BCUT2D eigenvalue weighted by atomic mass is 16.4. The molecule has 0 bridgehead atoms. The fraction of sp³-hybridized carbons (Fsp3) is 0.474. The average Bonchev–Trinajstić information content (AvgIpc) is 2.71. The van der Waals surface area contributed by atoms with E-state index in [9.17, 15) is 24.3 Å². The topological polar surface area (TPSA) is 177 Å². The van der Waals surface area contributed by atoms with Gasteiger partial charge >= 0.3 is 5.97 Å². The van der Waals surface area contributed by atoms with Crippen molar-refractivity contribution in [3.05, 3.63) is 35.9 Å². The standard InChI is InChI=1S/C19H29N5O5/c20-9-5-4-8-14(23-16(25)11-21)18(27)22-12-17(26)24-15(19(28)29)10-13-6-2-1-3-7-13/h1-3,6-7,14-15H,4-5,8-12,20-21H2,(H,22,27)(H,23,25)(H,24,26)(H,28,29). The summed E-state index contributed by atoms with van der Waals surface area (Å²) in [5.74, 6) is -2.86. The highest BCUT2D eigenvalue weighted by molar-refractivity contribution is 5.91. The van der Waals surface area contributed by atoms with Crippen LogP contribution in [0.5, 0.6) is 0 Å². The van der Waals surface area contributed by atoms with Gasteiger partial charge in [-0.25, -0.2) is 4.79 Å². The van der Waals surface area contributed by atoms with Crippen LogP contribution in [0.15, 0.2) is 30.3 Å². The maximum Gasteiger partial charge on any atom is 0.326 e. The average molecular weight is 407 g/mol. The second kappa shape index (κ2) is 13.2. The van der Waals surface area contributed by atoms with Crippen molar-refractivity contribution in [3.8, 4) is 0 Å². The van der Waals surface area contributed by atoms with Gasteiger partial charge < -0.3 is 32.5 Å². The molecule has 0 saturated carbocycles. The van der Waals surface area contributed by atoms with Crippen molar-refractivity contribution in [1.82, 2.24) is 16.0 Å². The van der Waals surface area contributed by atoms with Crippen molar-refractivity contribution in [1.29, 1.82) is 0 Å². The van der Waals surface area contributed by atoms with Gasteiger partial charge in [-0.05, 0) is 31.4 Å². The Bertz CT molecular complexity index is 683. The van der Waals surface area contributed by atoms with E-state index in [1.807, 2.05) is 0 Å². The Morgan fingerprint density at radius 1 is 0.931 bits per heavy atom. The maximum absolute atomic E-state index is 12.3. The summed E-state index contributed by atoms with van der Waals surface area (Å²) in [4.78, 5) is 47.3. The minimum absolute atomic E-state index is 0.115. The fourth-order valence-electron chi connectivity index (χ4n) is 2.60. The molecule has 2 atom stereocenters. The molecule has 0 fully saturated rings. The van der Waals surface area contributed by atoms with E-state index in [0.717, 1.165) is 5.56 Å². The van der Waals surface area contributed by atoms with Crippen molar-refractivity contribution >= 4 is 23.7 Å². The van der Waals surface area contributed by atoms with Crippen LogP contribution in [0.4, 0.5) is 0 Å². The monoisotopic (exact) mass is 407 g/mol. The van der Waals surface area contributed by atoms with Crippen molar-refractivity contribution in [3.63, 3.8) is 0 Å². The van der Waals surface area contributed by atoms with E-state index < -0.39 is 42.3 Å². The summed E-state index contributed by atoms with van der Waals surface area (Å²) in [6, 6.07) is 6.91. The number of benzene rings is 1. The highest BCUT2D eigenvalue weighted by Gasteiger charge is 2.23. The second-order valence-electron chi connectivity index (χ2n) is 6.47. The van der Waals surface area contributed by atoms with Crippen LogP contribution in [0.25, 0.3) is 0 Å². The van der Waals surface area contributed by atoms with E-state index >= 15 is 0 Å². The van der Waals surface area contributed by atoms with Gasteiger partial charge in [0, 0.05) is 6.42 Å². The number of carbonyl (C=O) groups excluding carboxylic acids is 3. The predicted octanol–water partition coefficient (Wildman–Crippen LogP) is -1.51. The summed E-state index contributed by atoms with van der Waals surface area (Å²) in [6.45, 7) is -0.218. The van der Waals surface area contributed by atoms with Crippen LogP contribution >= 0.6 is 0 Å². The molecule has 160 valence electrons. The number of aliphatic carboxylic acids is 1. The summed E-state index contributed by atoms with van der Waals surface area (Å²) in [6.07, 6.45) is 1.76. The molecule has 0 aliphatic heterocycles. The van der Waals surface area contributed by atoms with E-state index in [4.69, 9.17) is 11.5 Å². The molecular formula is C19H29N5O5. The largest absolute Gasteiger partial charge is 0.480 e. The van der Waals surface area contributed by atoms with Crippen LogP contribution in [0.1, 0.15) is 24.8 Å². The molecule has 10 heteroatoms. The normalized spacial score (nSPS) is 12.5. The van der Waals surface area contributed by atoms with Crippen LogP contribution in [0.2, 0.25) is 0 Å². The summed E-state index contributed by atoms with van der Waals surface area (Å²) >= 11 is 0. The van der Waals surface area contributed by atoms with E-state index in [1.54, 1.807) is 30.3 Å². The molecule has 2 unspecified atom stereocenters. The molecule has 0 saturated heterocycles. The zero-order valence-corrected chi connectivity index (χ0v) is 16.2. The first-order valence-corrected chi connectivity index (χ1v) is 9.40. The molecule has 1 aromatic rings. The SMILES string of the molecule is NCCCCC(NC(=O)CN)C(=O)NCC(=O)NC(Cc1ccccc1)C(=O)O. The third-order valence-electron chi connectivity index (χ3n) is 4.12. The van der Waals surface area contributed by atoms with Crippen molar-refractivity contribution in [2.24, 2.45) is 11.5 Å². The minimum atomic E-state index is -1.18. The number of carboxylic acids is 1. The lowest BCUT2D eigenvalue weighted by Gasteiger charge is -2.19. The molecule has 29 heavy (non-hydrogen) atoms. The number of nitrogens with one attached hydrogen (secondary N) is 3. The Balaban J connectivity index is 2.58. The van der Waals surface area contributed by atoms with E-state index in [0.29, 0.717) is 25.8 Å². The van der Waals surface area contributed by atoms with E-state index in [1.165, 1.54) is 0 Å². The Morgan fingerprint density at radius 3 is 2.17 bits per heavy atom. The Hall–Kier alpha value is -2.98. The first-order valence-electron chi connectivity index (χ1n) is 9.40. The molecule has 0 aromatic heterocycles. The molecule has 0 radical (unpaired) electrons. The van der Waals surface area contributed by atoms with Gasteiger partial charge in [0.1, 0.15) is 12.1 Å². The van der Waals surface area contributed by atoms with Crippen LogP contribution in [0, 0.1) is 0 Å². The van der Waals surface area contributed by atoms with Gasteiger partial charge in [0.15, 0.2) is 0 Å². The molecule has 10 nitrogen and oxygen atoms in total. The first kappa shape index (κ1) is 24.1. The summed E-state index contributed by atoms with van der Waals surface area (Å²) in [5.41, 5.74) is 11.5. The second-order valence-corrected chi connectivity index (χ2v) is 6.47. The smallest absolute Gasteiger partial charge is 0.326 e. The van der Waals surface area contributed by atoms with Crippen molar-refractivity contribution in [2.45, 2.75) is 37.8 Å². The number of hydrogen-bond donors (Lipinski definition) is 6. The molecule has 0 aliphatic carbocycles. The number of nitrogens with two attached hydrogens (primary N) is 2. The van der Waals surface area contributed by atoms with Gasteiger partial charge in [0.25, 0.3) is 0 Å². The highest BCUT2D eigenvalue weighted by Crippen LogP contribution is 2.04. The molecule has 1 aromatic carbocycles. The van der Waals surface area contributed by atoms with Gasteiger partial charge in [0.05, 0.1) is 13.1 Å². The van der Waals surface area contributed by atoms with Crippen LogP contribution < -0.4 is 27.4 Å². The van der Waals surface area contributed by atoms with Gasteiger partial charge in [-0.2, -0.15) is 0 Å². The van der Waals surface area contributed by atoms with E-state index in [-0.39, 0.29) is 13.0 Å². The minimum Gasteiger partial charge on any atom is -0.480 e. The number of hydrogen-bond acceptors (Lipinski definition) is 6. The maximum atomic E-state index is 12.3. The molecule has 8 N–H and O–H groups in total. The summed E-state index contributed by atoms with van der Waals surface area (Å²) in [5, 5.41) is 16.6.